The highest BCUT2D eigenvalue weighted by Gasteiger charge is 2.60. The molecule has 1 amide bonds. The number of carbonyl (C=O) groups is 2. The highest BCUT2D eigenvalue weighted by Crippen LogP contribution is 2.61. The minimum absolute atomic E-state index is 0.0164. The Morgan fingerprint density at radius 2 is 1.87 bits per heavy atom. The monoisotopic (exact) mass is 319 g/mol. The molecule has 1 unspecified atom stereocenters. The summed E-state index contributed by atoms with van der Waals surface area (Å²) in [6.07, 6.45) is 5.77. The van der Waals surface area contributed by atoms with Crippen LogP contribution in [0.15, 0.2) is 0 Å². The number of hydrogen-bond acceptors (Lipinski definition) is 3. The van der Waals surface area contributed by atoms with Crippen molar-refractivity contribution in [3.05, 3.63) is 0 Å². The van der Waals surface area contributed by atoms with Crippen molar-refractivity contribution in [2.45, 2.75) is 64.9 Å². The summed E-state index contributed by atoms with van der Waals surface area (Å²) in [5.41, 5.74) is -0.173. The van der Waals surface area contributed by atoms with Crippen LogP contribution in [0, 0.1) is 34.5 Å². The number of hydrogen-bond donors (Lipinski definition) is 2. The second-order valence-corrected chi connectivity index (χ2v) is 9.03. The smallest absolute Gasteiger partial charge is 0.223 e. The first-order valence-electron chi connectivity index (χ1n) is 9.35. The minimum Gasteiger partial charge on any atom is -0.393 e. The zero-order valence-corrected chi connectivity index (χ0v) is 14.3. The highest BCUT2D eigenvalue weighted by atomic mass is 16.3. The van der Waals surface area contributed by atoms with Gasteiger partial charge in [-0.2, -0.15) is 0 Å². The molecule has 23 heavy (non-hydrogen) atoms. The van der Waals surface area contributed by atoms with E-state index in [9.17, 15) is 14.7 Å². The van der Waals surface area contributed by atoms with E-state index >= 15 is 0 Å². The Hall–Kier alpha value is -0.900. The van der Waals surface area contributed by atoms with Crippen LogP contribution in [0.3, 0.4) is 0 Å². The van der Waals surface area contributed by atoms with E-state index in [2.05, 4.69) is 19.2 Å². The predicted molar refractivity (Wildman–Crippen MR) is 86.5 cm³/mol. The Kier molecular flexibility index (Phi) is 3.43. The number of aliphatic hydroxyl groups is 1. The second kappa shape index (κ2) is 5.05. The number of rotatable bonds is 0. The molecule has 3 saturated carbocycles. The van der Waals surface area contributed by atoms with E-state index in [-0.39, 0.29) is 28.8 Å². The summed E-state index contributed by atoms with van der Waals surface area (Å²) < 4.78 is 0. The molecule has 0 radical (unpaired) electrons. The molecule has 1 aliphatic heterocycles. The van der Waals surface area contributed by atoms with Crippen LogP contribution in [0.2, 0.25) is 0 Å². The van der Waals surface area contributed by atoms with Crippen molar-refractivity contribution in [3.8, 4) is 0 Å². The minimum atomic E-state index is -0.336. The SMILES string of the molecule is C[C@]12CCC3[C@@H](CNC(=O)[C@H]4C[C@@H](O)CC[C@]34C)[C@@H]1CCC2=O. The first kappa shape index (κ1) is 15.6. The van der Waals surface area contributed by atoms with Gasteiger partial charge in [-0.05, 0) is 61.7 Å². The fourth-order valence-electron chi connectivity index (χ4n) is 6.66. The number of Topliss-reactive ketones (excluding diaryl/α,β-unsaturated/α-hetero) is 1. The highest BCUT2D eigenvalue weighted by molar-refractivity contribution is 5.87. The molecule has 1 saturated heterocycles. The predicted octanol–water partition coefficient (Wildman–Crippen LogP) is 2.30. The lowest BCUT2D eigenvalue weighted by molar-refractivity contribution is -0.139. The Labute approximate surface area is 138 Å². The third-order valence-electron chi connectivity index (χ3n) is 8.14. The fraction of sp³-hybridized carbons (Fsp3) is 0.895. The maximum absolute atomic E-state index is 12.7. The van der Waals surface area contributed by atoms with Crippen LogP contribution in [-0.4, -0.2) is 29.4 Å². The Bertz CT molecular complexity index is 547. The molecule has 0 aromatic rings. The summed E-state index contributed by atoms with van der Waals surface area (Å²) >= 11 is 0. The lowest BCUT2D eigenvalue weighted by Gasteiger charge is -2.53. The summed E-state index contributed by atoms with van der Waals surface area (Å²) in [6.45, 7) is 5.17. The van der Waals surface area contributed by atoms with E-state index < -0.39 is 0 Å². The number of nitrogens with one attached hydrogen (secondary N) is 1. The van der Waals surface area contributed by atoms with Crippen LogP contribution in [0.25, 0.3) is 0 Å². The summed E-state index contributed by atoms with van der Waals surface area (Å²) in [7, 11) is 0. The number of amides is 1. The van der Waals surface area contributed by atoms with E-state index in [4.69, 9.17) is 0 Å². The summed E-state index contributed by atoms with van der Waals surface area (Å²) in [5, 5.41) is 13.2. The van der Waals surface area contributed by atoms with Crippen molar-refractivity contribution in [2.24, 2.45) is 34.5 Å². The molecule has 0 aromatic heterocycles. The van der Waals surface area contributed by atoms with Crippen LogP contribution in [0.4, 0.5) is 0 Å². The van der Waals surface area contributed by atoms with Crippen LogP contribution in [-0.2, 0) is 9.59 Å². The molecule has 4 nitrogen and oxygen atoms in total. The first-order chi connectivity index (χ1) is 10.9. The average Bonchev–Trinajstić information content (AvgIpc) is 2.77. The molecule has 4 rings (SSSR count). The Balaban J connectivity index is 1.71. The van der Waals surface area contributed by atoms with Gasteiger partial charge in [0.15, 0.2) is 0 Å². The van der Waals surface area contributed by atoms with E-state index in [1.807, 2.05) is 0 Å². The van der Waals surface area contributed by atoms with Crippen LogP contribution < -0.4 is 5.32 Å². The zero-order chi connectivity index (χ0) is 16.4. The molecule has 2 N–H and O–H groups in total. The van der Waals surface area contributed by atoms with Gasteiger partial charge >= 0.3 is 0 Å². The second-order valence-electron chi connectivity index (χ2n) is 9.03. The maximum Gasteiger partial charge on any atom is 0.223 e. The van der Waals surface area contributed by atoms with Crippen LogP contribution in [0.5, 0.6) is 0 Å². The lowest BCUT2D eigenvalue weighted by atomic mass is 9.50. The number of aliphatic hydroxyl groups excluding tert-OH is 1. The van der Waals surface area contributed by atoms with Gasteiger partial charge in [-0.3, -0.25) is 9.59 Å². The van der Waals surface area contributed by atoms with Crippen molar-refractivity contribution in [1.29, 1.82) is 0 Å². The molecule has 128 valence electrons. The molecule has 1 heterocycles. The van der Waals surface area contributed by atoms with Gasteiger partial charge < -0.3 is 10.4 Å². The number of carbonyl (C=O) groups excluding carboxylic acids is 2. The van der Waals surface area contributed by atoms with Gasteiger partial charge in [0, 0.05) is 24.3 Å². The molecule has 4 aliphatic rings. The third-order valence-corrected chi connectivity index (χ3v) is 8.14. The summed E-state index contributed by atoms with van der Waals surface area (Å²) in [4.78, 5) is 25.1. The van der Waals surface area contributed by atoms with Gasteiger partial charge in [0.05, 0.1) is 6.10 Å². The Morgan fingerprint density at radius 3 is 2.65 bits per heavy atom. The van der Waals surface area contributed by atoms with Crippen molar-refractivity contribution < 1.29 is 14.7 Å². The normalized spacial score (nSPS) is 52.9. The van der Waals surface area contributed by atoms with Gasteiger partial charge in [-0.25, -0.2) is 0 Å². The fourth-order valence-corrected chi connectivity index (χ4v) is 6.66. The first-order valence-corrected chi connectivity index (χ1v) is 9.35. The zero-order valence-electron chi connectivity index (χ0n) is 14.3. The van der Waals surface area contributed by atoms with Crippen molar-refractivity contribution in [1.82, 2.24) is 5.32 Å². The maximum atomic E-state index is 12.7. The molecular formula is C19H29NO3. The van der Waals surface area contributed by atoms with Crippen molar-refractivity contribution in [3.63, 3.8) is 0 Å². The largest absolute Gasteiger partial charge is 0.393 e. The quantitative estimate of drug-likeness (QED) is 0.720. The van der Waals surface area contributed by atoms with Gasteiger partial charge in [-0.1, -0.05) is 13.8 Å². The molecule has 4 heteroatoms. The summed E-state index contributed by atoms with van der Waals surface area (Å²) in [5.74, 6) is 1.86. The van der Waals surface area contributed by atoms with E-state index in [0.29, 0.717) is 30.0 Å². The van der Waals surface area contributed by atoms with Crippen LogP contribution >= 0.6 is 0 Å². The van der Waals surface area contributed by atoms with Crippen molar-refractivity contribution >= 4 is 11.7 Å². The van der Waals surface area contributed by atoms with Gasteiger partial charge in [0.2, 0.25) is 5.91 Å². The molecule has 0 bridgehead atoms. The number of ketones is 1. The molecule has 0 spiro atoms. The standard InChI is InChI=1S/C19H29NO3/c1-18-7-5-11(21)9-15(18)17(23)20-10-12-13-3-4-16(22)19(13,2)8-6-14(12)18/h11-15,21H,3-10H2,1-2H3,(H,20,23)/t11-,12-,13-,14?,15+,18+,19-/m0/s1. The van der Waals surface area contributed by atoms with E-state index in [1.165, 1.54) is 0 Å². The summed E-state index contributed by atoms with van der Waals surface area (Å²) in [6, 6.07) is 0. The van der Waals surface area contributed by atoms with Gasteiger partial charge in [-0.15, -0.1) is 0 Å². The van der Waals surface area contributed by atoms with Crippen LogP contribution in [0.1, 0.15) is 58.8 Å². The van der Waals surface area contributed by atoms with Crippen molar-refractivity contribution in [2.75, 3.05) is 6.54 Å². The topological polar surface area (TPSA) is 66.4 Å². The molecule has 0 aromatic carbocycles. The Morgan fingerprint density at radius 1 is 1.09 bits per heavy atom. The van der Waals surface area contributed by atoms with Gasteiger partial charge in [0.1, 0.15) is 5.78 Å². The molecule has 3 aliphatic carbocycles. The lowest BCUT2D eigenvalue weighted by Crippen LogP contribution is -2.51. The molecule has 4 fully saturated rings. The van der Waals surface area contributed by atoms with E-state index in [0.717, 1.165) is 45.1 Å². The third kappa shape index (κ3) is 2.06. The van der Waals surface area contributed by atoms with E-state index in [1.54, 1.807) is 0 Å². The average molecular weight is 319 g/mol. The molecular weight excluding hydrogens is 290 g/mol. The van der Waals surface area contributed by atoms with Gasteiger partial charge in [0.25, 0.3) is 0 Å². The number of fused-ring (bicyclic) bond motifs is 5. The molecule has 7 atom stereocenters.